The molecule has 112 valence electrons. The Balaban J connectivity index is 1.62. The Kier molecular flexibility index (Phi) is 3.39. The molecule has 1 N–H and O–H groups in total. The Morgan fingerprint density at radius 1 is 0.870 bits per heavy atom. The maximum absolute atomic E-state index is 13.6. The number of nitrogens with zero attached hydrogens (tertiary/aromatic N) is 1. The van der Waals surface area contributed by atoms with Crippen molar-refractivity contribution >= 4 is 11.9 Å². The first kappa shape index (κ1) is 13.7. The van der Waals surface area contributed by atoms with Crippen LogP contribution in [0.4, 0.5) is 10.1 Å². The van der Waals surface area contributed by atoms with Gasteiger partial charge in [0, 0.05) is 12.0 Å². The van der Waals surface area contributed by atoms with E-state index in [4.69, 9.17) is 0 Å². The van der Waals surface area contributed by atoms with E-state index < -0.39 is 0 Å². The fourth-order valence-corrected chi connectivity index (χ4v) is 3.01. The molecule has 0 heterocycles. The van der Waals surface area contributed by atoms with E-state index in [1.807, 2.05) is 12.1 Å². The second-order valence-electron chi connectivity index (χ2n) is 5.56. The quantitative estimate of drug-likeness (QED) is 0.425. The van der Waals surface area contributed by atoms with Crippen molar-refractivity contribution in [2.75, 3.05) is 5.43 Å². The van der Waals surface area contributed by atoms with E-state index in [1.54, 1.807) is 18.2 Å². The summed E-state index contributed by atoms with van der Waals surface area (Å²) in [5.41, 5.74) is 9.58. The van der Waals surface area contributed by atoms with Crippen molar-refractivity contribution in [1.82, 2.24) is 0 Å². The monoisotopic (exact) mass is 302 g/mol. The largest absolute Gasteiger partial charge is 0.278 e. The van der Waals surface area contributed by atoms with Crippen LogP contribution in [0.15, 0.2) is 71.8 Å². The average Bonchev–Trinajstić information content (AvgIpc) is 2.96. The van der Waals surface area contributed by atoms with Gasteiger partial charge in [0.2, 0.25) is 0 Å². The minimum absolute atomic E-state index is 0.274. The van der Waals surface area contributed by atoms with Gasteiger partial charge in [0.05, 0.1) is 11.9 Å². The molecule has 0 radical (unpaired) electrons. The van der Waals surface area contributed by atoms with Gasteiger partial charge in [-0.25, -0.2) is 4.39 Å². The lowest BCUT2D eigenvalue weighted by Crippen LogP contribution is -1.96. The first-order valence-electron chi connectivity index (χ1n) is 7.57. The third-order valence-corrected chi connectivity index (χ3v) is 4.14. The molecule has 1 aliphatic rings. The van der Waals surface area contributed by atoms with Crippen LogP contribution < -0.4 is 5.43 Å². The van der Waals surface area contributed by atoms with E-state index in [0.717, 1.165) is 12.1 Å². The van der Waals surface area contributed by atoms with Gasteiger partial charge in [-0.05, 0) is 34.4 Å². The van der Waals surface area contributed by atoms with Crippen LogP contribution in [-0.2, 0) is 6.42 Å². The van der Waals surface area contributed by atoms with Gasteiger partial charge in [-0.2, -0.15) is 5.10 Å². The number of nitrogens with one attached hydrogen (secondary N) is 1. The summed E-state index contributed by atoms with van der Waals surface area (Å²) in [6.45, 7) is 0. The summed E-state index contributed by atoms with van der Waals surface area (Å²) in [5.74, 6) is -0.274. The molecule has 0 aliphatic heterocycles. The number of halogens is 1. The lowest BCUT2D eigenvalue weighted by atomic mass is 10.1. The molecule has 3 aromatic carbocycles. The second kappa shape index (κ2) is 5.69. The highest BCUT2D eigenvalue weighted by molar-refractivity contribution is 5.83. The van der Waals surface area contributed by atoms with Gasteiger partial charge >= 0.3 is 0 Å². The van der Waals surface area contributed by atoms with Gasteiger partial charge in [0.15, 0.2) is 0 Å². The molecular weight excluding hydrogens is 287 g/mol. The third kappa shape index (κ3) is 2.50. The van der Waals surface area contributed by atoms with Crippen molar-refractivity contribution < 1.29 is 4.39 Å². The van der Waals surface area contributed by atoms with Crippen LogP contribution in [0.5, 0.6) is 0 Å². The van der Waals surface area contributed by atoms with Gasteiger partial charge in [-0.15, -0.1) is 0 Å². The standard InChI is InChI=1S/C20H15FN2/c21-19-10-4-2-7-15(19)13-22-23-20-11-5-9-17-16-8-3-1-6-14(16)12-18(17)20/h1-11,13,23H,12H2. The molecule has 0 saturated carbocycles. The van der Waals surface area contributed by atoms with Gasteiger partial charge in [-0.3, -0.25) is 5.43 Å². The highest BCUT2D eigenvalue weighted by Crippen LogP contribution is 2.39. The van der Waals surface area contributed by atoms with Gasteiger partial charge in [0.25, 0.3) is 0 Å². The first-order chi connectivity index (χ1) is 11.3. The zero-order valence-corrected chi connectivity index (χ0v) is 12.5. The molecule has 4 rings (SSSR count). The van der Waals surface area contributed by atoms with E-state index in [9.17, 15) is 4.39 Å². The second-order valence-corrected chi connectivity index (χ2v) is 5.56. The van der Waals surface area contributed by atoms with E-state index in [1.165, 1.54) is 34.5 Å². The lowest BCUT2D eigenvalue weighted by Gasteiger charge is -2.07. The minimum Gasteiger partial charge on any atom is -0.278 e. The SMILES string of the molecule is Fc1ccccc1C=NNc1cccc2c1Cc1ccccc1-2. The normalized spacial score (nSPS) is 12.2. The van der Waals surface area contributed by atoms with Crippen LogP contribution in [0.2, 0.25) is 0 Å². The Morgan fingerprint density at radius 3 is 2.57 bits per heavy atom. The molecule has 3 aromatic rings. The van der Waals surface area contributed by atoms with Crippen LogP contribution >= 0.6 is 0 Å². The number of hydrogen-bond donors (Lipinski definition) is 1. The molecular formula is C20H15FN2. The topological polar surface area (TPSA) is 24.4 Å². The predicted molar refractivity (Wildman–Crippen MR) is 92.3 cm³/mol. The third-order valence-electron chi connectivity index (χ3n) is 4.14. The number of benzene rings is 3. The summed E-state index contributed by atoms with van der Waals surface area (Å²) in [7, 11) is 0. The molecule has 0 aromatic heterocycles. The molecule has 0 fully saturated rings. The van der Waals surface area contributed by atoms with Crippen LogP contribution in [-0.4, -0.2) is 6.21 Å². The molecule has 3 heteroatoms. The minimum atomic E-state index is -0.274. The molecule has 2 nitrogen and oxygen atoms in total. The Hall–Kier alpha value is -2.94. The molecule has 0 unspecified atom stereocenters. The highest BCUT2D eigenvalue weighted by Gasteiger charge is 2.20. The molecule has 0 atom stereocenters. The summed E-state index contributed by atoms with van der Waals surface area (Å²) in [6.07, 6.45) is 2.40. The maximum Gasteiger partial charge on any atom is 0.132 e. The van der Waals surface area contributed by atoms with Crippen LogP contribution in [0.3, 0.4) is 0 Å². The average molecular weight is 302 g/mol. The summed E-state index contributed by atoms with van der Waals surface area (Å²) >= 11 is 0. The zero-order valence-electron chi connectivity index (χ0n) is 12.5. The van der Waals surface area contributed by atoms with Crippen molar-refractivity contribution in [3.8, 4) is 11.1 Å². The van der Waals surface area contributed by atoms with Crippen LogP contribution in [0.1, 0.15) is 16.7 Å². The smallest absolute Gasteiger partial charge is 0.132 e. The number of fused-ring (bicyclic) bond motifs is 3. The Morgan fingerprint density at radius 2 is 1.65 bits per heavy atom. The van der Waals surface area contributed by atoms with E-state index in [-0.39, 0.29) is 5.82 Å². The van der Waals surface area contributed by atoms with Gasteiger partial charge in [0.1, 0.15) is 5.82 Å². The lowest BCUT2D eigenvalue weighted by molar-refractivity contribution is 0.626. The number of hydrogen-bond acceptors (Lipinski definition) is 2. The molecule has 0 spiro atoms. The van der Waals surface area contributed by atoms with Gasteiger partial charge in [-0.1, -0.05) is 54.6 Å². The fraction of sp³-hybridized carbons (Fsp3) is 0.0500. The van der Waals surface area contributed by atoms with Crippen LogP contribution in [0, 0.1) is 5.82 Å². The Labute approximate surface area is 134 Å². The zero-order chi connectivity index (χ0) is 15.6. The molecule has 0 bridgehead atoms. The molecule has 0 amide bonds. The van der Waals surface area contributed by atoms with E-state index in [0.29, 0.717) is 5.56 Å². The predicted octanol–water partition coefficient (Wildman–Crippen LogP) is 4.84. The molecule has 23 heavy (non-hydrogen) atoms. The van der Waals surface area contributed by atoms with Crippen molar-refractivity contribution in [2.45, 2.75) is 6.42 Å². The highest BCUT2D eigenvalue weighted by atomic mass is 19.1. The van der Waals surface area contributed by atoms with Crippen molar-refractivity contribution in [1.29, 1.82) is 0 Å². The first-order valence-corrected chi connectivity index (χ1v) is 7.57. The van der Waals surface area contributed by atoms with Crippen molar-refractivity contribution in [2.24, 2.45) is 5.10 Å². The fourth-order valence-electron chi connectivity index (χ4n) is 3.01. The summed E-state index contributed by atoms with van der Waals surface area (Å²) in [5, 5.41) is 4.20. The van der Waals surface area contributed by atoms with Gasteiger partial charge < -0.3 is 0 Å². The maximum atomic E-state index is 13.6. The summed E-state index contributed by atoms with van der Waals surface area (Å²) in [4.78, 5) is 0. The molecule has 1 aliphatic carbocycles. The summed E-state index contributed by atoms with van der Waals surface area (Å²) < 4.78 is 13.6. The van der Waals surface area contributed by atoms with Crippen molar-refractivity contribution in [3.63, 3.8) is 0 Å². The number of hydrazone groups is 1. The van der Waals surface area contributed by atoms with E-state index >= 15 is 0 Å². The number of anilines is 1. The Bertz CT molecular complexity index is 900. The molecule has 0 saturated heterocycles. The number of rotatable bonds is 3. The van der Waals surface area contributed by atoms with Crippen LogP contribution in [0.25, 0.3) is 11.1 Å². The van der Waals surface area contributed by atoms with E-state index in [2.05, 4.69) is 40.9 Å². The summed E-state index contributed by atoms with van der Waals surface area (Å²) in [6, 6.07) is 21.2. The van der Waals surface area contributed by atoms with Crippen molar-refractivity contribution in [3.05, 3.63) is 89.2 Å².